The Balaban J connectivity index is 7.32. The van der Waals surface area contributed by atoms with E-state index in [4.69, 9.17) is 5.11 Å². The molecule has 0 rings (SSSR count). The van der Waals surface area contributed by atoms with Gasteiger partial charge >= 0.3 is 65.6 Å². The molecular weight excluding hydrogens is 585 g/mol. The number of hydrogen-bond acceptors (Lipinski definition) is 1. The minimum Gasteiger partial charge on any atom is -0.331 e. The van der Waals surface area contributed by atoms with Crippen LogP contribution < -0.4 is 0 Å². The van der Waals surface area contributed by atoms with E-state index in [0.29, 0.717) is 0 Å². The third-order valence-corrected chi connectivity index (χ3v) is 3.96. The number of halogens is 23. The summed E-state index contributed by atoms with van der Waals surface area (Å²) in [5.74, 6) is -64.3. The van der Waals surface area contributed by atoms with Crippen LogP contribution in [0.3, 0.4) is 0 Å². The summed E-state index contributed by atoms with van der Waals surface area (Å²) in [6, 6.07) is 0. The minimum atomic E-state index is -9.49. The fraction of sp³-hybridized carbons (Fsp3) is 1.00. The van der Waals surface area contributed by atoms with Crippen LogP contribution in [-0.2, 0) is 0 Å². The average Bonchev–Trinajstić information content (AvgIpc) is 2.56. The monoisotopic (exact) mass is 586 g/mol. The zero-order valence-corrected chi connectivity index (χ0v) is 14.6. The fourth-order valence-corrected chi connectivity index (χ4v) is 1.91. The zero-order valence-electron chi connectivity index (χ0n) is 14.6. The van der Waals surface area contributed by atoms with Crippen molar-refractivity contribution in [2.75, 3.05) is 0 Å². The Kier molecular flexibility index (Phi) is 7.32. The molecular formula is C11HF23O. The maximum absolute atomic E-state index is 13.3. The summed E-state index contributed by atoms with van der Waals surface area (Å²) in [4.78, 5) is 0. The lowest BCUT2D eigenvalue weighted by molar-refractivity contribution is -0.487. The second kappa shape index (κ2) is 7.68. The molecule has 35 heavy (non-hydrogen) atoms. The predicted octanol–water partition coefficient (Wildman–Crippen LogP) is 6.85. The largest absolute Gasteiger partial charge is 0.438 e. The first kappa shape index (κ1) is 33.4. The van der Waals surface area contributed by atoms with E-state index in [2.05, 4.69) is 0 Å². The standard InChI is InChI=1S/C11HF23O/c12-1(9(27,28)29,10(30,31)32)2(13,14)3(15,16)4(17,18)5(19,20)6(21,22)7(23,24)8(25,26)11(33,34)35/h35H. The van der Waals surface area contributed by atoms with Gasteiger partial charge in [-0.2, -0.15) is 96.6 Å². The molecule has 0 radical (unpaired) electrons. The Morgan fingerprint density at radius 2 is 0.429 bits per heavy atom. The van der Waals surface area contributed by atoms with Gasteiger partial charge in [-0.15, -0.1) is 0 Å². The number of alkyl halides is 23. The smallest absolute Gasteiger partial charge is 0.331 e. The Hall–Kier alpha value is -1.65. The van der Waals surface area contributed by atoms with Gasteiger partial charge in [0.15, 0.2) is 0 Å². The molecule has 24 heteroatoms. The summed E-state index contributed by atoms with van der Waals surface area (Å²) in [6.07, 6.45) is -24.7. The number of aliphatic hydroxyl groups is 1. The Morgan fingerprint density at radius 3 is 0.600 bits per heavy atom. The molecule has 0 saturated carbocycles. The quantitative estimate of drug-likeness (QED) is 0.309. The van der Waals surface area contributed by atoms with Crippen molar-refractivity contribution < 1.29 is 106 Å². The van der Waals surface area contributed by atoms with Crippen LogP contribution in [-0.4, -0.2) is 70.7 Å². The summed E-state index contributed by atoms with van der Waals surface area (Å²) >= 11 is 0. The molecule has 212 valence electrons. The van der Waals surface area contributed by atoms with Crippen LogP contribution in [0.2, 0.25) is 0 Å². The zero-order chi connectivity index (χ0) is 29.5. The molecule has 0 spiro atoms. The average molecular weight is 586 g/mol. The van der Waals surface area contributed by atoms with Crippen LogP contribution in [0.4, 0.5) is 101 Å². The highest BCUT2D eigenvalue weighted by Crippen LogP contribution is 2.67. The van der Waals surface area contributed by atoms with E-state index < -0.39 is 65.6 Å². The van der Waals surface area contributed by atoms with Crippen molar-refractivity contribution in [2.24, 2.45) is 0 Å². The highest BCUT2D eigenvalue weighted by Gasteiger charge is 3.00. The van der Waals surface area contributed by atoms with Crippen LogP contribution >= 0.6 is 0 Å². The van der Waals surface area contributed by atoms with Crippen molar-refractivity contribution in [3.05, 3.63) is 0 Å². The summed E-state index contributed by atoms with van der Waals surface area (Å²) in [7, 11) is 0. The van der Waals surface area contributed by atoms with Gasteiger partial charge in [0.2, 0.25) is 0 Å². The summed E-state index contributed by atoms with van der Waals surface area (Å²) in [5.41, 5.74) is -9.03. The second-order valence-corrected chi connectivity index (χ2v) is 6.22. The van der Waals surface area contributed by atoms with Crippen LogP contribution in [0.15, 0.2) is 0 Å². The van der Waals surface area contributed by atoms with Gasteiger partial charge in [0.25, 0.3) is 0 Å². The molecule has 0 amide bonds. The Labute approximate surface area is 173 Å². The van der Waals surface area contributed by atoms with Crippen LogP contribution in [0.25, 0.3) is 0 Å². The summed E-state index contributed by atoms with van der Waals surface area (Å²) in [6.45, 7) is 0. The molecule has 0 bridgehead atoms. The molecule has 0 aliphatic rings. The molecule has 0 aliphatic heterocycles. The van der Waals surface area contributed by atoms with Crippen LogP contribution in [0, 0.1) is 0 Å². The molecule has 1 nitrogen and oxygen atoms in total. The highest BCUT2D eigenvalue weighted by atomic mass is 19.4. The van der Waals surface area contributed by atoms with Gasteiger partial charge < -0.3 is 5.11 Å². The first-order valence-electron chi connectivity index (χ1n) is 7.07. The van der Waals surface area contributed by atoms with Crippen molar-refractivity contribution in [1.29, 1.82) is 0 Å². The maximum atomic E-state index is 13.3. The van der Waals surface area contributed by atoms with Crippen molar-refractivity contribution in [3.8, 4) is 0 Å². The highest BCUT2D eigenvalue weighted by molar-refractivity contribution is 5.20. The van der Waals surface area contributed by atoms with Gasteiger partial charge in [-0.1, -0.05) is 0 Å². The Morgan fingerprint density at radius 1 is 0.257 bits per heavy atom. The summed E-state index contributed by atoms with van der Waals surface area (Å²) < 4.78 is 294. The van der Waals surface area contributed by atoms with E-state index in [1.54, 1.807) is 0 Å². The normalized spacial score (nSPS) is 17.1. The summed E-state index contributed by atoms with van der Waals surface area (Å²) in [5, 5.41) is 7.39. The lowest BCUT2D eigenvalue weighted by atomic mass is 9.83. The predicted molar refractivity (Wildman–Crippen MR) is 57.7 cm³/mol. The van der Waals surface area contributed by atoms with E-state index in [1.807, 2.05) is 0 Å². The molecule has 0 fully saturated rings. The molecule has 1 N–H and O–H groups in total. The lowest BCUT2D eigenvalue weighted by Crippen LogP contribution is -2.79. The number of hydrogen-bond donors (Lipinski definition) is 1. The first-order chi connectivity index (χ1) is 14.5. The second-order valence-electron chi connectivity index (χ2n) is 6.22. The van der Waals surface area contributed by atoms with Crippen molar-refractivity contribution in [3.63, 3.8) is 0 Å². The van der Waals surface area contributed by atoms with Crippen molar-refractivity contribution >= 4 is 0 Å². The number of rotatable bonds is 8. The SMILES string of the molecule is OC(F)(F)C(F)(F)C(F)(F)C(F)(F)C(F)(F)C(F)(F)C(F)(F)C(F)(F)C(F)(C(F)(F)F)C(F)(F)F. The topological polar surface area (TPSA) is 20.2 Å². The molecule has 0 aromatic carbocycles. The maximum Gasteiger partial charge on any atom is 0.438 e. The van der Waals surface area contributed by atoms with Gasteiger partial charge in [0.1, 0.15) is 0 Å². The van der Waals surface area contributed by atoms with Gasteiger partial charge in [-0.3, -0.25) is 0 Å². The molecule has 0 aromatic rings. The molecule has 0 saturated heterocycles. The third-order valence-electron chi connectivity index (χ3n) is 3.96. The van der Waals surface area contributed by atoms with Gasteiger partial charge in [0, 0.05) is 0 Å². The van der Waals surface area contributed by atoms with E-state index in [9.17, 15) is 101 Å². The van der Waals surface area contributed by atoms with Crippen molar-refractivity contribution in [1.82, 2.24) is 0 Å². The lowest BCUT2D eigenvalue weighted by Gasteiger charge is -2.45. The molecule has 0 heterocycles. The van der Waals surface area contributed by atoms with Crippen LogP contribution in [0.5, 0.6) is 0 Å². The first-order valence-corrected chi connectivity index (χ1v) is 7.07. The van der Waals surface area contributed by atoms with E-state index in [-0.39, 0.29) is 0 Å². The molecule has 0 atom stereocenters. The van der Waals surface area contributed by atoms with Crippen LogP contribution in [0.1, 0.15) is 0 Å². The van der Waals surface area contributed by atoms with E-state index in [1.165, 1.54) is 0 Å². The van der Waals surface area contributed by atoms with E-state index in [0.717, 1.165) is 0 Å². The van der Waals surface area contributed by atoms with Gasteiger partial charge in [0.05, 0.1) is 0 Å². The molecule has 0 unspecified atom stereocenters. The molecule has 0 aromatic heterocycles. The minimum absolute atomic E-state index is 7.39. The third kappa shape index (κ3) is 3.82. The Bertz CT molecular complexity index is 763. The fourth-order valence-electron chi connectivity index (χ4n) is 1.91. The van der Waals surface area contributed by atoms with Crippen molar-refractivity contribution in [2.45, 2.75) is 65.6 Å². The van der Waals surface area contributed by atoms with Gasteiger partial charge in [-0.25, -0.2) is 4.39 Å². The van der Waals surface area contributed by atoms with Gasteiger partial charge in [-0.05, 0) is 0 Å². The molecule has 0 aliphatic carbocycles. The van der Waals surface area contributed by atoms with E-state index >= 15 is 0 Å².